The van der Waals surface area contributed by atoms with Gasteiger partial charge in [-0.15, -0.1) is 0 Å². The lowest BCUT2D eigenvalue weighted by Gasteiger charge is -2.09. The molecule has 3 aromatic heterocycles. The van der Waals surface area contributed by atoms with Crippen molar-refractivity contribution in [1.29, 1.82) is 0 Å². The van der Waals surface area contributed by atoms with Crippen molar-refractivity contribution in [1.82, 2.24) is 4.57 Å². The van der Waals surface area contributed by atoms with Crippen LogP contribution in [-0.4, -0.2) is 4.57 Å². The van der Waals surface area contributed by atoms with Crippen molar-refractivity contribution in [2.24, 2.45) is 14.1 Å². The molecule has 142 valence electrons. The standard InChI is InChI=1S/C25H23N3O/c1-18-22(29-24-13-7-9-17-27(24)3)15-14-20-19-10-4-5-11-21(19)28(25(18)20)23-12-6-8-16-26(23)2/h4-17H,1-3H3/q+2. The Bertz CT molecular complexity index is 1370. The molecule has 0 bridgehead atoms. The minimum atomic E-state index is 0.808. The number of fused-ring (bicyclic) bond motifs is 3. The normalized spacial score (nSPS) is 11.3. The number of hydrogen-bond acceptors (Lipinski definition) is 1. The van der Waals surface area contributed by atoms with E-state index in [4.69, 9.17) is 4.74 Å². The molecule has 0 aliphatic rings. The highest BCUT2D eigenvalue weighted by Gasteiger charge is 2.24. The minimum Gasteiger partial charge on any atom is -0.405 e. The molecule has 4 heteroatoms. The smallest absolute Gasteiger partial charge is 0.373 e. The van der Waals surface area contributed by atoms with Gasteiger partial charge in [-0.3, -0.25) is 0 Å². The Hall–Kier alpha value is -3.66. The second-order valence-electron chi connectivity index (χ2n) is 7.36. The number of hydrogen-bond donors (Lipinski definition) is 0. The fraction of sp³-hybridized carbons (Fsp3) is 0.120. The Morgan fingerprint density at radius 1 is 0.724 bits per heavy atom. The molecule has 4 nitrogen and oxygen atoms in total. The largest absolute Gasteiger partial charge is 0.405 e. The van der Waals surface area contributed by atoms with E-state index in [0.29, 0.717) is 0 Å². The van der Waals surface area contributed by atoms with Crippen LogP contribution in [0.4, 0.5) is 0 Å². The quantitative estimate of drug-likeness (QED) is 0.421. The fourth-order valence-electron chi connectivity index (χ4n) is 4.03. The molecule has 0 unspecified atom stereocenters. The van der Waals surface area contributed by atoms with Crippen LogP contribution in [0.3, 0.4) is 0 Å². The zero-order chi connectivity index (χ0) is 20.0. The number of ether oxygens (including phenoxy) is 1. The van der Waals surface area contributed by atoms with Crippen molar-refractivity contribution >= 4 is 21.8 Å². The van der Waals surface area contributed by atoms with Crippen LogP contribution in [-0.2, 0) is 14.1 Å². The molecule has 0 aliphatic heterocycles. The van der Waals surface area contributed by atoms with Gasteiger partial charge in [0.15, 0.2) is 6.20 Å². The van der Waals surface area contributed by atoms with Gasteiger partial charge in [0.2, 0.25) is 0 Å². The predicted molar refractivity (Wildman–Crippen MR) is 114 cm³/mol. The maximum Gasteiger partial charge on any atom is 0.373 e. The molecule has 2 aromatic carbocycles. The lowest BCUT2D eigenvalue weighted by Crippen LogP contribution is -2.33. The van der Waals surface area contributed by atoms with Gasteiger partial charge in [-0.2, -0.15) is 9.13 Å². The van der Waals surface area contributed by atoms with E-state index in [1.807, 2.05) is 42.1 Å². The second-order valence-corrected chi connectivity index (χ2v) is 7.36. The number of para-hydroxylation sites is 1. The number of benzene rings is 2. The van der Waals surface area contributed by atoms with Crippen LogP contribution in [0.25, 0.3) is 27.6 Å². The van der Waals surface area contributed by atoms with Crippen molar-refractivity contribution in [3.63, 3.8) is 0 Å². The first-order chi connectivity index (χ1) is 14.1. The van der Waals surface area contributed by atoms with Crippen LogP contribution in [0.5, 0.6) is 11.6 Å². The molecule has 3 heterocycles. The van der Waals surface area contributed by atoms with E-state index in [0.717, 1.165) is 23.0 Å². The minimum absolute atomic E-state index is 0.808. The van der Waals surface area contributed by atoms with Crippen LogP contribution in [0, 0.1) is 6.92 Å². The molecule has 0 saturated heterocycles. The van der Waals surface area contributed by atoms with Crippen LogP contribution in [0.1, 0.15) is 5.56 Å². The van der Waals surface area contributed by atoms with Gasteiger partial charge in [0.25, 0.3) is 5.82 Å². The summed E-state index contributed by atoms with van der Waals surface area (Å²) < 4.78 is 12.8. The van der Waals surface area contributed by atoms with Gasteiger partial charge in [0.05, 0.1) is 19.3 Å². The summed E-state index contributed by atoms with van der Waals surface area (Å²) >= 11 is 0. The van der Waals surface area contributed by atoms with E-state index in [2.05, 4.69) is 77.8 Å². The molecule has 29 heavy (non-hydrogen) atoms. The summed E-state index contributed by atoms with van der Waals surface area (Å²) in [6.07, 6.45) is 4.07. The molecule has 0 N–H and O–H groups in total. The van der Waals surface area contributed by atoms with Crippen LogP contribution >= 0.6 is 0 Å². The molecule has 0 radical (unpaired) electrons. The first kappa shape index (κ1) is 17.4. The highest BCUT2D eigenvalue weighted by Crippen LogP contribution is 2.37. The van der Waals surface area contributed by atoms with Crippen LogP contribution < -0.4 is 13.9 Å². The zero-order valence-corrected chi connectivity index (χ0v) is 16.8. The molecule has 0 amide bonds. The molecule has 5 rings (SSSR count). The van der Waals surface area contributed by atoms with Gasteiger partial charge in [-0.25, -0.2) is 4.57 Å². The van der Waals surface area contributed by atoms with Gasteiger partial charge >= 0.3 is 5.88 Å². The number of pyridine rings is 2. The molecular weight excluding hydrogens is 358 g/mol. The summed E-state index contributed by atoms with van der Waals surface area (Å²) in [4.78, 5) is 0. The molecule has 0 aliphatic carbocycles. The Balaban J connectivity index is 1.82. The van der Waals surface area contributed by atoms with E-state index in [9.17, 15) is 0 Å². The first-order valence-electron chi connectivity index (χ1n) is 9.75. The maximum atomic E-state index is 6.31. The third-order valence-electron chi connectivity index (χ3n) is 5.52. The van der Waals surface area contributed by atoms with Crippen LogP contribution in [0.15, 0.2) is 85.2 Å². The Kier molecular flexibility index (Phi) is 4.06. The topological polar surface area (TPSA) is 21.9 Å². The predicted octanol–water partition coefficient (Wildman–Crippen LogP) is 4.53. The SMILES string of the molecule is Cc1c(Oc2cccc[n+]2C)ccc2c3ccccc3n(-c3cccc[n+]3C)c12. The number of rotatable bonds is 3. The van der Waals surface area contributed by atoms with Gasteiger partial charge in [0.1, 0.15) is 23.8 Å². The summed E-state index contributed by atoms with van der Waals surface area (Å²) in [6, 6.07) is 25.1. The Morgan fingerprint density at radius 2 is 1.45 bits per heavy atom. The van der Waals surface area contributed by atoms with Crippen molar-refractivity contribution in [2.45, 2.75) is 6.92 Å². The molecular formula is C25H23N3O+2. The van der Waals surface area contributed by atoms with Crippen molar-refractivity contribution in [3.8, 4) is 17.4 Å². The first-order valence-corrected chi connectivity index (χ1v) is 9.75. The number of aromatic nitrogens is 3. The number of aryl methyl sites for hydroxylation is 3. The third-order valence-corrected chi connectivity index (χ3v) is 5.52. The molecule has 0 atom stereocenters. The van der Waals surface area contributed by atoms with Crippen molar-refractivity contribution < 1.29 is 13.9 Å². The van der Waals surface area contributed by atoms with Crippen LogP contribution in [0.2, 0.25) is 0 Å². The highest BCUT2D eigenvalue weighted by atomic mass is 16.5. The van der Waals surface area contributed by atoms with Crippen molar-refractivity contribution in [2.75, 3.05) is 0 Å². The maximum absolute atomic E-state index is 6.31. The lowest BCUT2D eigenvalue weighted by molar-refractivity contribution is -0.675. The van der Waals surface area contributed by atoms with E-state index in [1.54, 1.807) is 0 Å². The average Bonchev–Trinajstić information content (AvgIpc) is 3.07. The monoisotopic (exact) mass is 381 g/mol. The van der Waals surface area contributed by atoms with Crippen molar-refractivity contribution in [3.05, 3.63) is 90.8 Å². The summed E-state index contributed by atoms with van der Waals surface area (Å²) in [5.74, 6) is 2.79. The van der Waals surface area contributed by atoms with E-state index in [1.165, 1.54) is 21.8 Å². The van der Waals surface area contributed by atoms with Gasteiger partial charge in [-0.05, 0) is 43.3 Å². The molecule has 5 aromatic rings. The zero-order valence-electron chi connectivity index (χ0n) is 16.8. The Morgan fingerprint density at radius 3 is 2.24 bits per heavy atom. The molecule has 0 saturated carbocycles. The van der Waals surface area contributed by atoms with E-state index < -0.39 is 0 Å². The van der Waals surface area contributed by atoms with Gasteiger partial charge < -0.3 is 4.74 Å². The van der Waals surface area contributed by atoms with Gasteiger partial charge in [-0.1, -0.05) is 18.2 Å². The highest BCUT2D eigenvalue weighted by molar-refractivity contribution is 6.10. The summed E-state index contributed by atoms with van der Waals surface area (Å²) in [5.41, 5.74) is 3.48. The third kappa shape index (κ3) is 2.76. The lowest BCUT2D eigenvalue weighted by atomic mass is 10.1. The summed E-state index contributed by atoms with van der Waals surface area (Å²) in [5, 5.41) is 2.47. The van der Waals surface area contributed by atoms with Gasteiger partial charge in [0, 0.05) is 28.5 Å². The molecule has 0 fully saturated rings. The fourth-order valence-corrected chi connectivity index (χ4v) is 4.03. The Labute approximate surface area is 169 Å². The summed E-state index contributed by atoms with van der Waals surface area (Å²) in [6.45, 7) is 2.14. The second kappa shape index (κ2) is 6.74. The summed E-state index contributed by atoms with van der Waals surface area (Å²) in [7, 11) is 4.07. The van der Waals surface area contributed by atoms with E-state index in [-0.39, 0.29) is 0 Å². The molecule has 0 spiro atoms. The average molecular weight is 381 g/mol. The van der Waals surface area contributed by atoms with E-state index >= 15 is 0 Å². The number of nitrogens with zero attached hydrogens (tertiary/aromatic N) is 3.